The summed E-state index contributed by atoms with van der Waals surface area (Å²) in [5.41, 5.74) is 0.243. The van der Waals surface area contributed by atoms with Gasteiger partial charge in [0, 0.05) is 5.39 Å². The first kappa shape index (κ1) is 14.5. The van der Waals surface area contributed by atoms with E-state index in [-0.39, 0.29) is 23.2 Å². The predicted octanol–water partition coefficient (Wildman–Crippen LogP) is 1.42. The summed E-state index contributed by atoms with van der Waals surface area (Å²) in [5.74, 6) is -1.41. The van der Waals surface area contributed by atoms with Crippen LogP contribution in [-0.4, -0.2) is 20.7 Å². The number of thiazole rings is 1. The van der Waals surface area contributed by atoms with Crippen LogP contribution in [0.1, 0.15) is 15.5 Å². The molecule has 6 nitrogen and oxygen atoms in total. The van der Waals surface area contributed by atoms with E-state index >= 15 is 0 Å². The van der Waals surface area contributed by atoms with Crippen LogP contribution in [0.2, 0.25) is 0 Å². The Kier molecular flexibility index (Phi) is 3.35. The third kappa shape index (κ3) is 2.35. The van der Waals surface area contributed by atoms with Gasteiger partial charge in [-0.2, -0.15) is 5.10 Å². The molecule has 0 spiro atoms. The highest BCUT2D eigenvalue weighted by atomic mass is 32.1. The fourth-order valence-corrected chi connectivity index (χ4v) is 3.56. The smallest absolute Gasteiger partial charge is 0.275 e. The molecular formula is C17H10N3O3S-. The molecule has 0 saturated carbocycles. The molecule has 4 aromatic rings. The molecule has 0 aliphatic carbocycles. The van der Waals surface area contributed by atoms with Crippen LogP contribution in [0, 0.1) is 0 Å². The highest BCUT2D eigenvalue weighted by Crippen LogP contribution is 2.22. The van der Waals surface area contributed by atoms with Crippen molar-refractivity contribution in [2.24, 2.45) is 0 Å². The average molecular weight is 336 g/mol. The first-order chi connectivity index (χ1) is 11.6. The highest BCUT2D eigenvalue weighted by Gasteiger charge is 2.13. The van der Waals surface area contributed by atoms with Crippen molar-refractivity contribution in [2.75, 3.05) is 0 Å². The lowest BCUT2D eigenvalue weighted by molar-refractivity contribution is -0.255. The van der Waals surface area contributed by atoms with E-state index in [1.807, 2.05) is 24.3 Å². The largest absolute Gasteiger partial charge is 0.543 e. The summed E-state index contributed by atoms with van der Waals surface area (Å²) in [6, 6.07) is 14.1. The zero-order valence-corrected chi connectivity index (χ0v) is 13.1. The maximum atomic E-state index is 12.6. The van der Waals surface area contributed by atoms with Gasteiger partial charge >= 0.3 is 0 Å². The number of aromatic nitrogens is 3. The monoisotopic (exact) mass is 336 g/mol. The molecule has 7 heteroatoms. The van der Waals surface area contributed by atoms with Crippen LogP contribution in [0.4, 0.5) is 0 Å². The van der Waals surface area contributed by atoms with Crippen LogP contribution in [0.3, 0.4) is 0 Å². The van der Waals surface area contributed by atoms with Gasteiger partial charge in [-0.3, -0.25) is 4.79 Å². The van der Waals surface area contributed by atoms with Crippen molar-refractivity contribution in [1.29, 1.82) is 0 Å². The van der Waals surface area contributed by atoms with Crippen molar-refractivity contribution < 1.29 is 9.90 Å². The van der Waals surface area contributed by atoms with Gasteiger partial charge in [0.25, 0.3) is 5.56 Å². The van der Waals surface area contributed by atoms with E-state index in [4.69, 9.17) is 0 Å². The fraction of sp³-hybridized carbons (Fsp3) is 0.0588. The fourth-order valence-electron chi connectivity index (χ4n) is 2.61. The van der Waals surface area contributed by atoms with Crippen LogP contribution >= 0.6 is 11.3 Å². The van der Waals surface area contributed by atoms with Gasteiger partial charge in [-0.1, -0.05) is 30.3 Å². The third-order valence-electron chi connectivity index (χ3n) is 3.68. The van der Waals surface area contributed by atoms with Crippen molar-refractivity contribution >= 4 is 38.3 Å². The number of para-hydroxylation sites is 1. The summed E-state index contributed by atoms with van der Waals surface area (Å²) in [6.45, 7) is 0.114. The second-order valence-corrected chi connectivity index (χ2v) is 6.33. The minimum Gasteiger partial charge on any atom is -0.543 e. The molecule has 0 aliphatic rings. The molecule has 0 aliphatic heterocycles. The van der Waals surface area contributed by atoms with E-state index in [9.17, 15) is 14.7 Å². The molecule has 2 aromatic carbocycles. The number of carboxylic acids is 1. The molecule has 0 N–H and O–H groups in total. The van der Waals surface area contributed by atoms with Crippen molar-refractivity contribution in [1.82, 2.24) is 14.8 Å². The number of carboxylic acid groups (broad SMARTS) is 1. The summed E-state index contributed by atoms with van der Waals surface area (Å²) in [6.07, 6.45) is 0. The number of carbonyl (C=O) groups is 1. The number of fused-ring (bicyclic) bond motifs is 2. The number of carbonyl (C=O) groups excluding carboxylic acids is 1. The van der Waals surface area contributed by atoms with Gasteiger partial charge in [-0.15, -0.1) is 11.3 Å². The molecular weight excluding hydrogens is 326 g/mol. The maximum absolute atomic E-state index is 12.6. The summed E-state index contributed by atoms with van der Waals surface area (Å²) in [5, 5.41) is 16.6. The molecule has 0 amide bonds. The normalized spacial score (nSPS) is 11.2. The Morgan fingerprint density at radius 3 is 2.54 bits per heavy atom. The Morgan fingerprint density at radius 2 is 1.79 bits per heavy atom. The second-order valence-electron chi connectivity index (χ2n) is 5.22. The first-order valence-corrected chi connectivity index (χ1v) is 8.01. The Bertz CT molecular complexity index is 1110. The van der Waals surface area contributed by atoms with Gasteiger partial charge in [0.15, 0.2) is 0 Å². The number of aromatic carboxylic acids is 1. The molecule has 0 bridgehead atoms. The number of hydrogen-bond donors (Lipinski definition) is 0. The summed E-state index contributed by atoms with van der Waals surface area (Å²) >= 11 is 1.45. The molecule has 24 heavy (non-hydrogen) atoms. The summed E-state index contributed by atoms with van der Waals surface area (Å²) in [4.78, 5) is 28.4. The van der Waals surface area contributed by atoms with Crippen LogP contribution in [0.25, 0.3) is 21.0 Å². The Hall–Kier alpha value is -3.06. The van der Waals surface area contributed by atoms with Crippen LogP contribution in [0.15, 0.2) is 53.3 Å². The number of rotatable bonds is 3. The van der Waals surface area contributed by atoms with Crippen LogP contribution < -0.4 is 10.7 Å². The topological polar surface area (TPSA) is 87.9 Å². The van der Waals surface area contributed by atoms with E-state index in [0.29, 0.717) is 10.4 Å². The van der Waals surface area contributed by atoms with Gasteiger partial charge in [0.1, 0.15) is 10.7 Å². The molecule has 0 unspecified atom stereocenters. The molecule has 0 saturated heterocycles. The molecule has 118 valence electrons. The van der Waals surface area contributed by atoms with Crippen LogP contribution in [0.5, 0.6) is 0 Å². The van der Waals surface area contributed by atoms with Crippen molar-refractivity contribution in [3.63, 3.8) is 0 Å². The zero-order valence-electron chi connectivity index (χ0n) is 12.3. The maximum Gasteiger partial charge on any atom is 0.275 e. The van der Waals surface area contributed by atoms with Gasteiger partial charge in [0.05, 0.1) is 28.1 Å². The zero-order chi connectivity index (χ0) is 16.7. The second kappa shape index (κ2) is 5.54. The van der Waals surface area contributed by atoms with Gasteiger partial charge in [-0.25, -0.2) is 9.67 Å². The average Bonchev–Trinajstić information content (AvgIpc) is 2.99. The lowest BCUT2D eigenvalue weighted by atomic mass is 10.1. The Labute approximate surface area is 139 Å². The van der Waals surface area contributed by atoms with Crippen molar-refractivity contribution in [3.8, 4) is 0 Å². The van der Waals surface area contributed by atoms with E-state index < -0.39 is 5.97 Å². The molecule has 4 rings (SSSR count). The number of hydrogen-bond acceptors (Lipinski definition) is 6. The Morgan fingerprint density at radius 1 is 1.08 bits per heavy atom. The predicted molar refractivity (Wildman–Crippen MR) is 89.1 cm³/mol. The first-order valence-electron chi connectivity index (χ1n) is 7.19. The van der Waals surface area contributed by atoms with Gasteiger partial charge < -0.3 is 9.90 Å². The number of nitrogens with zero attached hydrogens (tertiary/aromatic N) is 3. The SMILES string of the molecule is O=C([O-])c1nn(Cc2nc3ccccc3s2)c(=O)c2ccccc12. The van der Waals surface area contributed by atoms with E-state index in [1.54, 1.807) is 24.3 Å². The van der Waals surface area contributed by atoms with Crippen LogP contribution in [-0.2, 0) is 6.54 Å². The van der Waals surface area contributed by atoms with Crippen molar-refractivity contribution in [2.45, 2.75) is 6.54 Å². The Balaban J connectivity index is 1.88. The standard InChI is InChI=1S/C17H11N3O3S/c21-16-11-6-2-1-5-10(11)15(17(22)23)19-20(16)9-14-18-12-7-3-4-8-13(12)24-14/h1-8H,9H2,(H,22,23)/p-1. The summed E-state index contributed by atoms with van der Waals surface area (Å²) in [7, 11) is 0. The third-order valence-corrected chi connectivity index (χ3v) is 4.71. The van der Waals surface area contributed by atoms with E-state index in [1.165, 1.54) is 11.3 Å². The van der Waals surface area contributed by atoms with Gasteiger partial charge in [-0.05, 0) is 18.2 Å². The lowest BCUT2D eigenvalue weighted by Gasteiger charge is -2.10. The molecule has 0 atom stereocenters. The molecule has 2 aromatic heterocycles. The van der Waals surface area contributed by atoms with Gasteiger partial charge in [0.2, 0.25) is 0 Å². The molecule has 0 radical (unpaired) electrons. The number of benzene rings is 2. The summed E-state index contributed by atoms with van der Waals surface area (Å²) < 4.78 is 2.13. The molecule has 0 fully saturated rings. The van der Waals surface area contributed by atoms with E-state index in [0.717, 1.165) is 14.9 Å². The highest BCUT2D eigenvalue weighted by molar-refractivity contribution is 7.18. The quantitative estimate of drug-likeness (QED) is 0.564. The molecule has 2 heterocycles. The minimum atomic E-state index is -1.41. The lowest BCUT2D eigenvalue weighted by Crippen LogP contribution is -2.31. The minimum absolute atomic E-state index is 0.114. The van der Waals surface area contributed by atoms with E-state index in [2.05, 4.69) is 10.1 Å². The van der Waals surface area contributed by atoms with Crippen molar-refractivity contribution in [3.05, 3.63) is 69.6 Å².